The zero-order chi connectivity index (χ0) is 59.1. The number of guanidine groups is 3. The number of nitrogens with zero attached hydrogens (tertiary/aromatic N) is 3. The Kier molecular flexibility index (Phi) is 28.4. The van der Waals surface area contributed by atoms with Crippen LogP contribution >= 0.6 is 0 Å². The highest BCUT2D eigenvalue weighted by atomic mass is 16.3. The van der Waals surface area contributed by atoms with Crippen LogP contribution in [0.4, 0.5) is 4.79 Å². The molecule has 440 valence electrons. The van der Waals surface area contributed by atoms with Crippen LogP contribution in [-0.2, 0) is 51.2 Å². The van der Waals surface area contributed by atoms with Crippen LogP contribution in [0.2, 0.25) is 0 Å². The minimum absolute atomic E-state index is 0.0143. The standard InChI is InChI=1S/C51H80N18O11/c1-29(2)26-38(46(78)64-35(9-6-24-60-49(55)56)44(76)66-37(42(52)74)27-30-11-15-32(70)16-12-30)67-45(77)36-10-7-25-61-50(57)69-51(80)62-22-4-3-21-58-40(72)19-20-41(73)63-34(8-5-23-59-48(53)54)43(75)68-39(47(79)65-36)28-31-13-17-33(71)18-14-31/h11-18,29,34-39,70-71H,3-10,19-28H2,1-2H3,(H2,52,74)(H,58,72)(H,63,73)(H,64,78)(H,65,79)(H,66,76)(H,67,77)(H,68,75)(H4,53,54,59)(H4,55,56,60)(H4,57,61,62,69,80)/t34-,35-,36-,37-,38-,39-/m0/s1. The number of hydrogen-bond acceptors (Lipinski definition) is 15. The quantitative estimate of drug-likeness (QED) is 0.0328. The summed E-state index contributed by atoms with van der Waals surface area (Å²) in [5.41, 5.74) is 34.7. The molecule has 0 bridgehead atoms. The van der Waals surface area contributed by atoms with Gasteiger partial charge in [-0.15, -0.1) is 0 Å². The van der Waals surface area contributed by atoms with Crippen molar-refractivity contribution >= 4 is 71.2 Å². The van der Waals surface area contributed by atoms with E-state index in [1.54, 1.807) is 26.0 Å². The molecule has 0 spiro atoms. The Balaban J connectivity index is 2.04. The molecule has 0 radical (unpaired) electrons. The summed E-state index contributed by atoms with van der Waals surface area (Å²) < 4.78 is 0. The number of primary amides is 1. The van der Waals surface area contributed by atoms with Gasteiger partial charge in [0.25, 0.3) is 0 Å². The lowest BCUT2D eigenvalue weighted by atomic mass is 10.00. The normalized spacial score (nSPS) is 18.6. The molecule has 0 fully saturated rings. The molecular formula is C51H80N18O11. The molecule has 23 N–H and O–H groups in total. The van der Waals surface area contributed by atoms with E-state index in [-0.39, 0.29) is 139 Å². The molecule has 29 heteroatoms. The number of hydrogen-bond donors (Lipinski definition) is 17. The molecule has 1 aliphatic heterocycles. The molecule has 10 amide bonds. The molecule has 0 saturated heterocycles. The third kappa shape index (κ3) is 26.4. The Labute approximate surface area is 463 Å². The van der Waals surface area contributed by atoms with E-state index in [4.69, 9.17) is 34.4 Å². The molecule has 0 unspecified atom stereocenters. The van der Waals surface area contributed by atoms with Crippen molar-refractivity contribution in [2.45, 2.75) is 134 Å². The van der Waals surface area contributed by atoms with Gasteiger partial charge in [-0.1, -0.05) is 38.1 Å². The fourth-order valence-electron chi connectivity index (χ4n) is 8.00. The van der Waals surface area contributed by atoms with Crippen molar-refractivity contribution in [2.24, 2.45) is 55.3 Å². The Bertz CT molecular complexity index is 2480. The van der Waals surface area contributed by atoms with Gasteiger partial charge in [0.2, 0.25) is 47.3 Å². The Morgan fingerprint density at radius 2 is 1.24 bits per heavy atom. The molecule has 3 rings (SSSR count). The van der Waals surface area contributed by atoms with Gasteiger partial charge >= 0.3 is 6.03 Å². The number of aromatic hydroxyl groups is 2. The third-order valence-electron chi connectivity index (χ3n) is 12.2. The van der Waals surface area contributed by atoms with Gasteiger partial charge in [0.1, 0.15) is 47.8 Å². The number of nitrogens with two attached hydrogens (primary N) is 6. The zero-order valence-corrected chi connectivity index (χ0v) is 45.3. The van der Waals surface area contributed by atoms with Crippen molar-refractivity contribution in [1.29, 1.82) is 0 Å². The molecule has 0 aliphatic carbocycles. The number of amides is 10. The van der Waals surface area contributed by atoms with Gasteiger partial charge in [0, 0.05) is 58.4 Å². The van der Waals surface area contributed by atoms with Crippen molar-refractivity contribution in [3.05, 3.63) is 59.7 Å². The number of phenolic OH excluding ortho intramolecular Hbond substituents is 2. The molecule has 2 aromatic rings. The minimum Gasteiger partial charge on any atom is -0.508 e. The predicted octanol–water partition coefficient (Wildman–Crippen LogP) is -3.49. The van der Waals surface area contributed by atoms with Crippen LogP contribution in [0.1, 0.15) is 95.6 Å². The summed E-state index contributed by atoms with van der Waals surface area (Å²) in [6, 6.07) is 2.87. The first-order chi connectivity index (χ1) is 38.0. The molecule has 1 heterocycles. The highest BCUT2D eigenvalue weighted by Crippen LogP contribution is 2.15. The number of benzene rings is 2. The summed E-state index contributed by atoms with van der Waals surface area (Å²) in [5, 5.41) is 43.6. The summed E-state index contributed by atoms with van der Waals surface area (Å²) >= 11 is 0. The number of nitrogens with one attached hydrogen (secondary N) is 9. The SMILES string of the molecule is CC(C)C[C@H](NC(=O)[C@@H]1CCCN=C(N)NC(=O)NCCCCNC(=O)CCC(=O)N[C@@H](CCCN=C(N)N)C(=O)N[C@@H](Cc2ccc(O)cc2)C(=O)N1)C(=O)N[C@@H](CCCN=C(N)N)C(=O)N[C@@H](Cc1ccc(O)cc1)C(N)=O. The third-order valence-corrected chi connectivity index (χ3v) is 12.2. The first-order valence-corrected chi connectivity index (χ1v) is 26.4. The number of phenols is 2. The van der Waals surface area contributed by atoms with Gasteiger partial charge in [0.05, 0.1) is 0 Å². The fraction of sp³-hybridized carbons (Fsp3) is 0.529. The number of carbonyl (C=O) groups is 9. The van der Waals surface area contributed by atoms with E-state index in [0.29, 0.717) is 24.0 Å². The minimum atomic E-state index is -1.46. The van der Waals surface area contributed by atoms with Crippen LogP contribution in [0.25, 0.3) is 0 Å². The van der Waals surface area contributed by atoms with Crippen LogP contribution < -0.4 is 82.3 Å². The van der Waals surface area contributed by atoms with Crippen molar-refractivity contribution in [1.82, 2.24) is 47.9 Å². The number of carbonyl (C=O) groups excluding carboxylic acids is 9. The van der Waals surface area contributed by atoms with Crippen LogP contribution in [0, 0.1) is 5.92 Å². The summed E-state index contributed by atoms with van der Waals surface area (Å²) in [6.07, 6.45) is 0.384. The molecule has 1 aliphatic rings. The van der Waals surface area contributed by atoms with Gasteiger partial charge in [-0.3, -0.25) is 58.7 Å². The molecule has 2 aromatic carbocycles. The lowest BCUT2D eigenvalue weighted by molar-refractivity contribution is -0.135. The van der Waals surface area contributed by atoms with Gasteiger partial charge < -0.3 is 87.1 Å². The molecule has 80 heavy (non-hydrogen) atoms. The largest absolute Gasteiger partial charge is 0.508 e. The predicted molar refractivity (Wildman–Crippen MR) is 297 cm³/mol. The maximum atomic E-state index is 14.6. The maximum absolute atomic E-state index is 14.6. The highest BCUT2D eigenvalue weighted by molar-refractivity contribution is 5.98. The maximum Gasteiger partial charge on any atom is 0.321 e. The summed E-state index contributed by atoms with van der Waals surface area (Å²) in [4.78, 5) is 135. The monoisotopic (exact) mass is 1120 g/mol. The molecule has 0 aromatic heterocycles. The zero-order valence-electron chi connectivity index (χ0n) is 45.3. The van der Waals surface area contributed by atoms with E-state index in [2.05, 4.69) is 62.8 Å². The smallest absolute Gasteiger partial charge is 0.321 e. The van der Waals surface area contributed by atoms with Crippen LogP contribution in [0.15, 0.2) is 63.5 Å². The lowest BCUT2D eigenvalue weighted by Crippen LogP contribution is -2.60. The topological polar surface area (TPSA) is 496 Å². The van der Waals surface area contributed by atoms with Gasteiger partial charge in [-0.05, 0) is 99.1 Å². The van der Waals surface area contributed by atoms with E-state index in [9.17, 15) is 53.4 Å². The molecule has 6 atom stereocenters. The van der Waals surface area contributed by atoms with E-state index >= 15 is 0 Å². The van der Waals surface area contributed by atoms with Crippen molar-refractivity contribution < 1.29 is 53.4 Å². The Morgan fingerprint density at radius 3 is 1.85 bits per heavy atom. The second kappa shape index (κ2) is 34.8. The first-order valence-electron chi connectivity index (χ1n) is 26.4. The number of rotatable bonds is 21. The first kappa shape index (κ1) is 65.4. The van der Waals surface area contributed by atoms with Crippen molar-refractivity contribution in [2.75, 3.05) is 32.7 Å². The van der Waals surface area contributed by atoms with Crippen LogP contribution in [-0.4, -0.2) is 150 Å². The van der Waals surface area contributed by atoms with Gasteiger partial charge in [-0.2, -0.15) is 0 Å². The lowest BCUT2D eigenvalue weighted by Gasteiger charge is -2.28. The van der Waals surface area contributed by atoms with Crippen molar-refractivity contribution in [3.8, 4) is 11.5 Å². The van der Waals surface area contributed by atoms with E-state index < -0.39 is 89.5 Å². The van der Waals surface area contributed by atoms with Crippen molar-refractivity contribution in [3.63, 3.8) is 0 Å². The second-order valence-corrected chi connectivity index (χ2v) is 19.4. The Morgan fingerprint density at radius 1 is 0.675 bits per heavy atom. The average Bonchev–Trinajstić information content (AvgIpc) is 3.39. The molecule has 29 nitrogen and oxygen atoms in total. The second-order valence-electron chi connectivity index (χ2n) is 19.4. The van der Waals surface area contributed by atoms with E-state index in [1.165, 1.54) is 36.4 Å². The fourth-order valence-corrected chi connectivity index (χ4v) is 8.00. The average molecular weight is 1120 g/mol. The number of urea groups is 1. The molecule has 0 saturated carbocycles. The van der Waals surface area contributed by atoms with Crippen LogP contribution in [0.3, 0.4) is 0 Å². The summed E-state index contributed by atoms with van der Waals surface area (Å²) in [6.45, 7) is 4.09. The Hall–Kier alpha value is -8.92. The van der Waals surface area contributed by atoms with E-state index in [0.717, 1.165) is 0 Å². The van der Waals surface area contributed by atoms with Crippen LogP contribution in [0.5, 0.6) is 11.5 Å². The summed E-state index contributed by atoms with van der Waals surface area (Å²) in [5.74, 6) is -7.19. The van der Waals surface area contributed by atoms with E-state index in [1.807, 2.05) is 0 Å². The van der Waals surface area contributed by atoms with Gasteiger partial charge in [-0.25, -0.2) is 4.79 Å². The highest BCUT2D eigenvalue weighted by Gasteiger charge is 2.34. The number of aliphatic imine (C=N–C) groups is 3. The molecular weight excluding hydrogens is 1040 g/mol. The van der Waals surface area contributed by atoms with Gasteiger partial charge in [0.15, 0.2) is 17.9 Å². The summed E-state index contributed by atoms with van der Waals surface area (Å²) in [7, 11) is 0.